The van der Waals surface area contributed by atoms with Crippen molar-refractivity contribution in [1.82, 2.24) is 9.55 Å². The second-order valence-electron chi connectivity index (χ2n) is 5.03. The Hall–Kier alpha value is -2.69. The summed E-state index contributed by atoms with van der Waals surface area (Å²) in [4.78, 5) is 4.60. The standard InChI is InChI=1S/C17H19N3O2/c1-20-14-7-5-4-6-13(14)19-17(20)18-11-12-8-9-15(21-2)16(10-12)22-3/h4-10H,11H2,1-3H3,(H,18,19). The molecule has 2 aromatic carbocycles. The summed E-state index contributed by atoms with van der Waals surface area (Å²) in [6.07, 6.45) is 0. The molecule has 0 fully saturated rings. The molecule has 0 amide bonds. The predicted octanol–water partition coefficient (Wildman–Crippen LogP) is 3.20. The Morgan fingerprint density at radius 2 is 1.82 bits per heavy atom. The van der Waals surface area contributed by atoms with Crippen molar-refractivity contribution < 1.29 is 9.47 Å². The average Bonchev–Trinajstić information content (AvgIpc) is 2.89. The first kappa shape index (κ1) is 14.3. The van der Waals surface area contributed by atoms with Gasteiger partial charge >= 0.3 is 0 Å². The number of nitrogens with one attached hydrogen (secondary N) is 1. The van der Waals surface area contributed by atoms with Gasteiger partial charge in [-0.2, -0.15) is 0 Å². The number of para-hydroxylation sites is 2. The van der Waals surface area contributed by atoms with E-state index in [4.69, 9.17) is 9.47 Å². The fourth-order valence-corrected chi connectivity index (χ4v) is 2.48. The van der Waals surface area contributed by atoms with Crippen LogP contribution in [0.2, 0.25) is 0 Å². The smallest absolute Gasteiger partial charge is 0.203 e. The number of hydrogen-bond acceptors (Lipinski definition) is 4. The summed E-state index contributed by atoms with van der Waals surface area (Å²) in [6, 6.07) is 14.0. The van der Waals surface area contributed by atoms with Gasteiger partial charge in [0.2, 0.25) is 5.95 Å². The number of hydrogen-bond donors (Lipinski definition) is 1. The number of nitrogens with zero attached hydrogens (tertiary/aromatic N) is 2. The van der Waals surface area contributed by atoms with Gasteiger partial charge in [0, 0.05) is 13.6 Å². The molecule has 0 atom stereocenters. The highest BCUT2D eigenvalue weighted by molar-refractivity contribution is 5.78. The van der Waals surface area contributed by atoms with Crippen LogP contribution in [0.3, 0.4) is 0 Å². The monoisotopic (exact) mass is 297 g/mol. The number of rotatable bonds is 5. The fraction of sp³-hybridized carbons (Fsp3) is 0.235. The Bertz CT molecular complexity index is 796. The number of fused-ring (bicyclic) bond motifs is 1. The maximum Gasteiger partial charge on any atom is 0.203 e. The van der Waals surface area contributed by atoms with Crippen molar-refractivity contribution in [2.45, 2.75) is 6.54 Å². The van der Waals surface area contributed by atoms with E-state index >= 15 is 0 Å². The molecule has 0 spiro atoms. The van der Waals surface area contributed by atoms with E-state index in [9.17, 15) is 0 Å². The lowest BCUT2D eigenvalue weighted by atomic mass is 10.2. The normalized spacial score (nSPS) is 10.7. The predicted molar refractivity (Wildman–Crippen MR) is 87.6 cm³/mol. The van der Waals surface area contributed by atoms with Crippen molar-refractivity contribution in [3.05, 3.63) is 48.0 Å². The molecule has 0 saturated carbocycles. The highest BCUT2D eigenvalue weighted by atomic mass is 16.5. The van der Waals surface area contributed by atoms with Gasteiger partial charge in [-0.1, -0.05) is 18.2 Å². The van der Waals surface area contributed by atoms with E-state index in [1.54, 1.807) is 14.2 Å². The minimum absolute atomic E-state index is 0.664. The Balaban J connectivity index is 1.80. The maximum atomic E-state index is 5.33. The average molecular weight is 297 g/mol. The number of imidazole rings is 1. The van der Waals surface area contributed by atoms with Crippen LogP contribution in [-0.2, 0) is 13.6 Å². The molecule has 22 heavy (non-hydrogen) atoms. The molecule has 0 bridgehead atoms. The van der Waals surface area contributed by atoms with Crippen LogP contribution in [0.5, 0.6) is 11.5 Å². The van der Waals surface area contributed by atoms with E-state index in [-0.39, 0.29) is 0 Å². The minimum Gasteiger partial charge on any atom is -0.493 e. The van der Waals surface area contributed by atoms with Gasteiger partial charge in [0.25, 0.3) is 0 Å². The third-order valence-electron chi connectivity index (χ3n) is 3.69. The Labute approximate surface area is 129 Å². The topological polar surface area (TPSA) is 48.3 Å². The number of benzene rings is 2. The van der Waals surface area contributed by atoms with Gasteiger partial charge < -0.3 is 19.4 Å². The molecular formula is C17H19N3O2. The lowest BCUT2D eigenvalue weighted by Crippen LogP contribution is -2.05. The van der Waals surface area contributed by atoms with Crippen LogP contribution >= 0.6 is 0 Å². The maximum absolute atomic E-state index is 5.33. The zero-order valence-electron chi connectivity index (χ0n) is 13.0. The van der Waals surface area contributed by atoms with E-state index in [0.717, 1.165) is 34.0 Å². The Morgan fingerprint density at radius 3 is 2.55 bits per heavy atom. The van der Waals surface area contributed by atoms with Crippen LogP contribution in [0, 0.1) is 0 Å². The van der Waals surface area contributed by atoms with E-state index in [1.165, 1.54) is 0 Å². The molecule has 3 rings (SSSR count). The van der Waals surface area contributed by atoms with Gasteiger partial charge in [0.1, 0.15) is 0 Å². The number of methoxy groups -OCH3 is 2. The van der Waals surface area contributed by atoms with Crippen LogP contribution in [0.25, 0.3) is 11.0 Å². The molecule has 114 valence electrons. The molecule has 5 heteroatoms. The number of aromatic nitrogens is 2. The van der Waals surface area contributed by atoms with Gasteiger partial charge in [0.05, 0.1) is 25.3 Å². The lowest BCUT2D eigenvalue weighted by molar-refractivity contribution is 0.354. The van der Waals surface area contributed by atoms with Gasteiger partial charge in [-0.3, -0.25) is 0 Å². The summed E-state index contributed by atoms with van der Waals surface area (Å²) in [5.74, 6) is 2.30. The third-order valence-corrected chi connectivity index (χ3v) is 3.69. The molecule has 1 heterocycles. The Kier molecular flexibility index (Phi) is 3.87. The summed E-state index contributed by atoms with van der Waals surface area (Å²) in [5, 5.41) is 3.36. The van der Waals surface area contributed by atoms with Crippen LogP contribution in [0.4, 0.5) is 5.95 Å². The first-order valence-electron chi connectivity index (χ1n) is 7.09. The molecule has 0 aliphatic heterocycles. The molecule has 1 N–H and O–H groups in total. The number of aryl methyl sites for hydroxylation is 1. The summed E-state index contributed by atoms with van der Waals surface area (Å²) < 4.78 is 12.6. The first-order chi connectivity index (χ1) is 10.7. The number of anilines is 1. The summed E-state index contributed by atoms with van der Waals surface area (Å²) in [7, 11) is 5.28. The van der Waals surface area contributed by atoms with Crippen molar-refractivity contribution in [3.8, 4) is 11.5 Å². The van der Waals surface area contributed by atoms with Crippen molar-refractivity contribution in [1.29, 1.82) is 0 Å². The van der Waals surface area contributed by atoms with Gasteiger partial charge in [0.15, 0.2) is 11.5 Å². The van der Waals surface area contributed by atoms with E-state index in [0.29, 0.717) is 6.54 Å². The molecule has 0 saturated heterocycles. The van der Waals surface area contributed by atoms with Gasteiger partial charge in [-0.25, -0.2) is 4.98 Å². The molecule has 5 nitrogen and oxygen atoms in total. The van der Waals surface area contributed by atoms with Crippen molar-refractivity contribution in [2.75, 3.05) is 19.5 Å². The second-order valence-corrected chi connectivity index (χ2v) is 5.03. The van der Waals surface area contributed by atoms with Crippen molar-refractivity contribution in [3.63, 3.8) is 0 Å². The summed E-state index contributed by atoms with van der Waals surface area (Å²) >= 11 is 0. The van der Waals surface area contributed by atoms with Gasteiger partial charge in [-0.15, -0.1) is 0 Å². The van der Waals surface area contributed by atoms with Crippen LogP contribution in [0.1, 0.15) is 5.56 Å². The fourth-order valence-electron chi connectivity index (χ4n) is 2.48. The highest BCUT2D eigenvalue weighted by Gasteiger charge is 2.08. The van der Waals surface area contributed by atoms with Gasteiger partial charge in [-0.05, 0) is 29.8 Å². The van der Waals surface area contributed by atoms with E-state index < -0.39 is 0 Å². The summed E-state index contributed by atoms with van der Waals surface area (Å²) in [6.45, 7) is 0.664. The van der Waals surface area contributed by atoms with Crippen LogP contribution < -0.4 is 14.8 Å². The SMILES string of the molecule is COc1ccc(CNc2nc3ccccc3n2C)cc1OC. The third kappa shape index (κ3) is 2.57. The van der Waals surface area contributed by atoms with Crippen molar-refractivity contribution in [2.24, 2.45) is 7.05 Å². The van der Waals surface area contributed by atoms with Crippen LogP contribution in [-0.4, -0.2) is 23.8 Å². The van der Waals surface area contributed by atoms with Crippen LogP contribution in [0.15, 0.2) is 42.5 Å². The number of ether oxygens (including phenoxy) is 2. The quantitative estimate of drug-likeness (QED) is 0.785. The van der Waals surface area contributed by atoms with Crippen molar-refractivity contribution >= 4 is 17.0 Å². The lowest BCUT2D eigenvalue weighted by Gasteiger charge is -2.10. The zero-order valence-corrected chi connectivity index (χ0v) is 13.0. The molecular weight excluding hydrogens is 278 g/mol. The second kappa shape index (κ2) is 5.97. The molecule has 3 aromatic rings. The first-order valence-corrected chi connectivity index (χ1v) is 7.09. The molecule has 0 aliphatic rings. The molecule has 0 unspecified atom stereocenters. The minimum atomic E-state index is 0.664. The van der Waals surface area contributed by atoms with E-state index in [2.05, 4.69) is 20.9 Å². The molecule has 1 aromatic heterocycles. The van der Waals surface area contributed by atoms with E-state index in [1.807, 2.05) is 43.4 Å². The molecule has 0 aliphatic carbocycles. The molecule has 0 radical (unpaired) electrons. The summed E-state index contributed by atoms with van der Waals surface area (Å²) in [5.41, 5.74) is 3.20. The Morgan fingerprint density at radius 1 is 1.05 bits per heavy atom. The largest absolute Gasteiger partial charge is 0.493 e. The highest BCUT2D eigenvalue weighted by Crippen LogP contribution is 2.28. The zero-order chi connectivity index (χ0) is 15.5.